The summed E-state index contributed by atoms with van der Waals surface area (Å²) in [5.41, 5.74) is 0. The molecule has 6 nitrogen and oxygen atoms in total. The first-order valence-electron chi connectivity index (χ1n) is 5.33. The molecule has 3 rings (SSSR count). The molecule has 2 saturated heterocycles. The third-order valence-electron chi connectivity index (χ3n) is 3.18. The number of fused-ring (bicyclic) bond motifs is 1. The van der Waals surface area contributed by atoms with Crippen LogP contribution in [0.25, 0.3) is 0 Å². The number of furan rings is 1. The Hall–Kier alpha value is -1.37. The minimum atomic E-state index is -1.83. The number of hydrogen-bond donors (Lipinski definition) is 2. The Labute approximate surface area is 96.7 Å². The van der Waals surface area contributed by atoms with Crippen LogP contribution in [0.5, 0.6) is 0 Å². The first-order valence-corrected chi connectivity index (χ1v) is 5.33. The van der Waals surface area contributed by atoms with Crippen molar-refractivity contribution in [1.82, 2.24) is 0 Å². The zero-order valence-corrected chi connectivity index (χ0v) is 9.12. The molecular formula is C11H12O6. The van der Waals surface area contributed by atoms with Crippen molar-refractivity contribution in [2.24, 2.45) is 0 Å². The van der Waals surface area contributed by atoms with Crippen LogP contribution >= 0.6 is 0 Å². The van der Waals surface area contributed by atoms with Gasteiger partial charge < -0.3 is 24.1 Å². The lowest BCUT2D eigenvalue weighted by molar-refractivity contribution is -0.196. The number of ether oxygens (including phenoxy) is 2. The van der Waals surface area contributed by atoms with Crippen molar-refractivity contribution in [3.8, 4) is 0 Å². The summed E-state index contributed by atoms with van der Waals surface area (Å²) in [7, 11) is 0. The summed E-state index contributed by atoms with van der Waals surface area (Å²) >= 11 is 0. The van der Waals surface area contributed by atoms with E-state index in [1.807, 2.05) is 0 Å². The van der Waals surface area contributed by atoms with E-state index in [0.717, 1.165) is 0 Å². The fraction of sp³-hybridized carbons (Fsp3) is 0.545. The summed E-state index contributed by atoms with van der Waals surface area (Å²) in [4.78, 5) is 11.7. The Bertz CT molecular complexity index is 466. The standard InChI is InChI=1S/C11H12O6/c1-5-2-3-7(16-5)8-10(13)17-9-6(12)4-15-11(8,9)14/h2-3,6,8-9,12,14H,4H2,1H3/t6?,8?,9?,11-/m1/s1. The predicted molar refractivity (Wildman–Crippen MR) is 53.0 cm³/mol. The zero-order chi connectivity index (χ0) is 12.2. The Morgan fingerprint density at radius 1 is 1.47 bits per heavy atom. The monoisotopic (exact) mass is 240 g/mol. The normalized spacial score (nSPS) is 40.4. The smallest absolute Gasteiger partial charge is 0.322 e. The number of carbonyl (C=O) groups excluding carboxylic acids is 1. The van der Waals surface area contributed by atoms with Gasteiger partial charge in [-0.2, -0.15) is 0 Å². The predicted octanol–water partition coefficient (Wildman–Crippen LogP) is -0.323. The van der Waals surface area contributed by atoms with Gasteiger partial charge in [-0.25, -0.2) is 0 Å². The van der Waals surface area contributed by atoms with Crippen molar-refractivity contribution in [2.75, 3.05) is 6.61 Å². The molecule has 0 bridgehead atoms. The number of rotatable bonds is 1. The van der Waals surface area contributed by atoms with Crippen molar-refractivity contribution in [2.45, 2.75) is 30.8 Å². The molecule has 92 valence electrons. The van der Waals surface area contributed by atoms with E-state index in [0.29, 0.717) is 5.76 Å². The van der Waals surface area contributed by atoms with Crippen LogP contribution in [0.1, 0.15) is 17.4 Å². The summed E-state index contributed by atoms with van der Waals surface area (Å²) in [6.45, 7) is 1.67. The molecule has 0 radical (unpaired) electrons. The highest BCUT2D eigenvalue weighted by molar-refractivity contribution is 5.81. The van der Waals surface area contributed by atoms with Gasteiger partial charge in [-0.3, -0.25) is 4.79 Å². The molecule has 0 aliphatic carbocycles. The van der Waals surface area contributed by atoms with E-state index < -0.39 is 29.9 Å². The molecule has 0 spiro atoms. The highest BCUT2D eigenvalue weighted by Crippen LogP contribution is 2.45. The Kier molecular flexibility index (Phi) is 2.10. The van der Waals surface area contributed by atoms with Crippen molar-refractivity contribution in [3.05, 3.63) is 23.7 Å². The molecule has 0 amide bonds. The van der Waals surface area contributed by atoms with Crippen molar-refractivity contribution < 1.29 is 28.9 Å². The van der Waals surface area contributed by atoms with E-state index in [1.54, 1.807) is 19.1 Å². The third-order valence-corrected chi connectivity index (χ3v) is 3.18. The van der Waals surface area contributed by atoms with Gasteiger partial charge in [0.25, 0.3) is 0 Å². The highest BCUT2D eigenvalue weighted by Gasteiger charge is 2.65. The van der Waals surface area contributed by atoms with E-state index in [4.69, 9.17) is 13.9 Å². The molecule has 2 fully saturated rings. The average molecular weight is 240 g/mol. The Morgan fingerprint density at radius 3 is 2.88 bits per heavy atom. The minimum Gasteiger partial charge on any atom is -0.465 e. The maximum absolute atomic E-state index is 11.7. The number of hydrogen-bond acceptors (Lipinski definition) is 6. The van der Waals surface area contributed by atoms with Crippen LogP contribution in [0.15, 0.2) is 16.5 Å². The van der Waals surface area contributed by atoms with Crippen LogP contribution < -0.4 is 0 Å². The van der Waals surface area contributed by atoms with Crippen LogP contribution in [0.3, 0.4) is 0 Å². The van der Waals surface area contributed by atoms with Gasteiger partial charge in [0, 0.05) is 0 Å². The number of aryl methyl sites for hydroxylation is 1. The maximum atomic E-state index is 11.7. The second-order valence-corrected chi connectivity index (χ2v) is 4.37. The second-order valence-electron chi connectivity index (χ2n) is 4.37. The van der Waals surface area contributed by atoms with Crippen LogP contribution in [0.4, 0.5) is 0 Å². The van der Waals surface area contributed by atoms with Crippen molar-refractivity contribution in [3.63, 3.8) is 0 Å². The van der Waals surface area contributed by atoms with E-state index in [9.17, 15) is 15.0 Å². The van der Waals surface area contributed by atoms with Gasteiger partial charge in [-0.1, -0.05) is 0 Å². The first kappa shape index (κ1) is 10.8. The topological polar surface area (TPSA) is 89.1 Å². The van der Waals surface area contributed by atoms with Gasteiger partial charge in [-0.15, -0.1) is 0 Å². The van der Waals surface area contributed by atoms with E-state index in [2.05, 4.69) is 0 Å². The second kappa shape index (κ2) is 3.32. The fourth-order valence-electron chi connectivity index (χ4n) is 2.37. The molecule has 0 aromatic carbocycles. The number of carbonyl (C=O) groups is 1. The molecule has 2 N–H and O–H groups in total. The van der Waals surface area contributed by atoms with Gasteiger partial charge >= 0.3 is 5.97 Å². The Balaban J connectivity index is 2.02. The van der Waals surface area contributed by atoms with Gasteiger partial charge in [0.2, 0.25) is 5.79 Å². The summed E-state index contributed by atoms with van der Waals surface area (Å²) in [6.07, 6.45) is -2.06. The van der Waals surface area contributed by atoms with Crippen LogP contribution in [-0.4, -0.2) is 40.8 Å². The lowest BCUT2D eigenvalue weighted by Crippen LogP contribution is -2.42. The molecule has 2 aliphatic rings. The van der Waals surface area contributed by atoms with Crippen LogP contribution in [0.2, 0.25) is 0 Å². The minimum absolute atomic E-state index is 0.0648. The molecule has 1 aromatic rings. The number of esters is 1. The van der Waals surface area contributed by atoms with Crippen molar-refractivity contribution >= 4 is 5.97 Å². The number of aliphatic hydroxyl groups is 2. The van der Waals surface area contributed by atoms with Gasteiger partial charge in [-0.05, 0) is 19.1 Å². The van der Waals surface area contributed by atoms with Crippen LogP contribution in [-0.2, 0) is 14.3 Å². The van der Waals surface area contributed by atoms with Gasteiger partial charge in [0.1, 0.15) is 17.6 Å². The zero-order valence-electron chi connectivity index (χ0n) is 9.12. The maximum Gasteiger partial charge on any atom is 0.322 e. The summed E-state index contributed by atoms with van der Waals surface area (Å²) in [6, 6.07) is 3.28. The highest BCUT2D eigenvalue weighted by atomic mass is 16.7. The molecule has 4 atom stereocenters. The molecular weight excluding hydrogens is 228 g/mol. The largest absolute Gasteiger partial charge is 0.465 e. The molecule has 6 heteroatoms. The molecule has 3 heterocycles. The van der Waals surface area contributed by atoms with Crippen molar-refractivity contribution in [1.29, 1.82) is 0 Å². The Morgan fingerprint density at radius 2 is 2.24 bits per heavy atom. The number of aliphatic hydroxyl groups excluding tert-OH is 1. The molecule has 1 aromatic heterocycles. The quantitative estimate of drug-likeness (QED) is 0.654. The van der Waals surface area contributed by atoms with E-state index >= 15 is 0 Å². The van der Waals surface area contributed by atoms with E-state index in [-0.39, 0.29) is 12.4 Å². The van der Waals surface area contributed by atoms with Crippen LogP contribution in [0, 0.1) is 6.92 Å². The lowest BCUT2D eigenvalue weighted by Gasteiger charge is -2.22. The fourth-order valence-corrected chi connectivity index (χ4v) is 2.37. The third kappa shape index (κ3) is 1.35. The molecule has 17 heavy (non-hydrogen) atoms. The molecule has 2 aliphatic heterocycles. The first-order chi connectivity index (χ1) is 8.02. The SMILES string of the molecule is Cc1ccc(C2C(=O)OC3C(O)CO[C@]23O)o1. The van der Waals surface area contributed by atoms with Gasteiger partial charge in [0.05, 0.1) is 6.61 Å². The lowest BCUT2D eigenvalue weighted by atomic mass is 9.94. The molecule has 3 unspecified atom stereocenters. The average Bonchev–Trinajstić information content (AvgIpc) is 2.85. The molecule has 0 saturated carbocycles. The summed E-state index contributed by atoms with van der Waals surface area (Å²) < 4.78 is 15.4. The summed E-state index contributed by atoms with van der Waals surface area (Å²) in [5.74, 6) is -2.62. The van der Waals surface area contributed by atoms with E-state index in [1.165, 1.54) is 0 Å². The van der Waals surface area contributed by atoms with Gasteiger partial charge in [0.15, 0.2) is 12.0 Å². The summed E-state index contributed by atoms with van der Waals surface area (Å²) in [5, 5.41) is 19.9.